The summed E-state index contributed by atoms with van der Waals surface area (Å²) in [4.78, 5) is 10.5. The van der Waals surface area contributed by atoms with Crippen molar-refractivity contribution >= 4 is 5.97 Å². The van der Waals surface area contributed by atoms with Crippen LogP contribution in [-0.2, 0) is 9.53 Å². The van der Waals surface area contributed by atoms with Crippen LogP contribution in [0, 0.1) is 5.41 Å². The smallest absolute Gasteiger partial charge is 0.304 e. The van der Waals surface area contributed by atoms with Gasteiger partial charge in [-0.05, 0) is 20.8 Å². The van der Waals surface area contributed by atoms with E-state index in [1.54, 1.807) is 13.8 Å². The Morgan fingerprint density at radius 1 is 1.29 bits per heavy atom. The fourth-order valence-electron chi connectivity index (χ4n) is 0.971. The maximum absolute atomic E-state index is 10.5. The average Bonchev–Trinajstić information content (AvgIpc) is 1.79. The molecule has 1 atom stereocenters. The summed E-state index contributed by atoms with van der Waals surface area (Å²) in [6.45, 7) is 8.77. The maximum atomic E-state index is 10.5. The first kappa shape index (κ1) is 13.4. The van der Waals surface area contributed by atoms with Crippen LogP contribution in [0.4, 0.5) is 0 Å². The lowest BCUT2D eigenvalue weighted by Crippen LogP contribution is -2.39. The molecule has 0 aromatic carbocycles. The maximum Gasteiger partial charge on any atom is 0.304 e. The van der Waals surface area contributed by atoms with Gasteiger partial charge in [-0.25, -0.2) is 0 Å². The molecule has 4 heteroatoms. The third-order valence-corrected chi connectivity index (χ3v) is 1.74. The van der Waals surface area contributed by atoms with Crippen LogP contribution in [0.3, 0.4) is 0 Å². The number of aliphatic hydroxyl groups is 1. The number of hydrogen-bond acceptors (Lipinski definition) is 3. The van der Waals surface area contributed by atoms with E-state index >= 15 is 0 Å². The zero-order chi connectivity index (χ0) is 11.6. The van der Waals surface area contributed by atoms with Gasteiger partial charge in [0.05, 0.1) is 12.0 Å². The molecule has 0 aliphatic heterocycles. The van der Waals surface area contributed by atoms with Gasteiger partial charge in [-0.1, -0.05) is 13.8 Å². The molecule has 84 valence electrons. The lowest BCUT2D eigenvalue weighted by molar-refractivity contribution is -0.218. The Bertz CT molecular complexity index is 203. The summed E-state index contributed by atoms with van der Waals surface area (Å²) >= 11 is 0. The number of carbonyl (C=O) groups is 1. The Hall–Kier alpha value is -0.610. The van der Waals surface area contributed by atoms with E-state index in [-0.39, 0.29) is 6.42 Å². The minimum Gasteiger partial charge on any atom is -0.481 e. The molecule has 0 rings (SSSR count). The molecule has 2 N–H and O–H groups in total. The molecule has 0 amide bonds. The van der Waals surface area contributed by atoms with Crippen molar-refractivity contribution in [2.45, 2.75) is 52.9 Å². The van der Waals surface area contributed by atoms with E-state index in [4.69, 9.17) is 9.84 Å². The minimum atomic E-state index is -1.07. The van der Waals surface area contributed by atoms with Crippen molar-refractivity contribution in [3.8, 4) is 0 Å². The predicted octanol–water partition coefficient (Wildman–Crippen LogP) is 1.62. The second-order valence-electron chi connectivity index (χ2n) is 5.14. The van der Waals surface area contributed by atoms with E-state index in [1.165, 1.54) is 0 Å². The summed E-state index contributed by atoms with van der Waals surface area (Å²) in [7, 11) is 0. The van der Waals surface area contributed by atoms with Gasteiger partial charge in [-0.3, -0.25) is 4.79 Å². The standard InChI is InChI=1S/C10H20O4/c1-9(2,3)14-8(13)10(4,5)6-7(11)12/h8,13H,6H2,1-5H3,(H,11,12). The molecule has 0 saturated carbocycles. The lowest BCUT2D eigenvalue weighted by Gasteiger charge is -2.33. The summed E-state index contributed by atoms with van der Waals surface area (Å²) in [6.07, 6.45) is -1.19. The van der Waals surface area contributed by atoms with Crippen LogP contribution in [0.2, 0.25) is 0 Å². The summed E-state index contributed by atoms with van der Waals surface area (Å²) in [5.74, 6) is -0.938. The minimum absolute atomic E-state index is 0.121. The molecule has 0 radical (unpaired) electrons. The third kappa shape index (κ3) is 5.19. The first-order valence-corrected chi connectivity index (χ1v) is 4.62. The summed E-state index contributed by atoms with van der Waals surface area (Å²) < 4.78 is 5.30. The van der Waals surface area contributed by atoms with Gasteiger partial charge in [-0.15, -0.1) is 0 Å². The van der Waals surface area contributed by atoms with Gasteiger partial charge < -0.3 is 14.9 Å². The Morgan fingerprint density at radius 3 is 2.00 bits per heavy atom. The molecule has 0 aromatic heterocycles. The van der Waals surface area contributed by atoms with Crippen LogP contribution in [0.1, 0.15) is 41.0 Å². The van der Waals surface area contributed by atoms with Gasteiger partial charge >= 0.3 is 5.97 Å². The molecule has 0 aliphatic rings. The topological polar surface area (TPSA) is 66.8 Å². The second-order valence-corrected chi connectivity index (χ2v) is 5.14. The quantitative estimate of drug-likeness (QED) is 0.683. The fraction of sp³-hybridized carbons (Fsp3) is 0.900. The van der Waals surface area contributed by atoms with Gasteiger partial charge in [0.25, 0.3) is 0 Å². The van der Waals surface area contributed by atoms with Crippen molar-refractivity contribution in [1.29, 1.82) is 0 Å². The number of aliphatic carboxylic acids is 1. The highest BCUT2D eigenvalue weighted by Gasteiger charge is 2.33. The molecular weight excluding hydrogens is 184 g/mol. The van der Waals surface area contributed by atoms with E-state index in [1.807, 2.05) is 20.8 Å². The fourth-order valence-corrected chi connectivity index (χ4v) is 0.971. The lowest BCUT2D eigenvalue weighted by atomic mass is 9.88. The summed E-state index contributed by atoms with van der Waals surface area (Å²) in [5, 5.41) is 18.3. The molecule has 4 nitrogen and oxygen atoms in total. The van der Waals surface area contributed by atoms with E-state index in [0.717, 1.165) is 0 Å². The zero-order valence-electron chi connectivity index (χ0n) is 9.50. The Kier molecular flexibility index (Phi) is 4.09. The highest BCUT2D eigenvalue weighted by molar-refractivity contribution is 5.67. The number of ether oxygens (including phenoxy) is 1. The SMILES string of the molecule is CC(C)(C)OC(O)C(C)(C)CC(=O)O. The van der Waals surface area contributed by atoms with E-state index < -0.39 is 23.3 Å². The van der Waals surface area contributed by atoms with Crippen molar-refractivity contribution in [3.05, 3.63) is 0 Å². The van der Waals surface area contributed by atoms with Gasteiger partial charge in [0.1, 0.15) is 0 Å². The van der Waals surface area contributed by atoms with Crippen molar-refractivity contribution in [1.82, 2.24) is 0 Å². The van der Waals surface area contributed by atoms with Crippen LogP contribution in [-0.4, -0.2) is 28.1 Å². The third-order valence-electron chi connectivity index (χ3n) is 1.74. The van der Waals surface area contributed by atoms with Crippen molar-refractivity contribution in [2.75, 3.05) is 0 Å². The highest BCUT2D eigenvalue weighted by Crippen LogP contribution is 2.28. The van der Waals surface area contributed by atoms with E-state index in [0.29, 0.717) is 0 Å². The predicted molar refractivity (Wildman–Crippen MR) is 52.9 cm³/mol. The first-order valence-electron chi connectivity index (χ1n) is 4.62. The van der Waals surface area contributed by atoms with Crippen molar-refractivity contribution < 1.29 is 19.7 Å². The van der Waals surface area contributed by atoms with Crippen LogP contribution in [0.15, 0.2) is 0 Å². The number of hydrogen-bond donors (Lipinski definition) is 2. The molecule has 1 unspecified atom stereocenters. The molecule has 0 bridgehead atoms. The van der Waals surface area contributed by atoms with E-state index in [9.17, 15) is 9.90 Å². The molecule has 0 heterocycles. The van der Waals surface area contributed by atoms with Crippen LogP contribution in [0.25, 0.3) is 0 Å². The Balaban J connectivity index is 4.35. The van der Waals surface area contributed by atoms with Crippen molar-refractivity contribution in [2.24, 2.45) is 5.41 Å². The van der Waals surface area contributed by atoms with Crippen LogP contribution >= 0.6 is 0 Å². The van der Waals surface area contributed by atoms with Crippen LogP contribution < -0.4 is 0 Å². The van der Waals surface area contributed by atoms with Gasteiger partial charge in [0.2, 0.25) is 0 Å². The van der Waals surface area contributed by atoms with Crippen LogP contribution in [0.5, 0.6) is 0 Å². The van der Waals surface area contributed by atoms with Crippen molar-refractivity contribution in [3.63, 3.8) is 0 Å². The average molecular weight is 204 g/mol. The van der Waals surface area contributed by atoms with E-state index in [2.05, 4.69) is 0 Å². The Morgan fingerprint density at radius 2 is 1.71 bits per heavy atom. The number of rotatable bonds is 4. The molecule has 0 fully saturated rings. The Labute approximate surface area is 84.9 Å². The molecule has 0 saturated heterocycles. The summed E-state index contributed by atoms with van der Waals surface area (Å²) in [6, 6.07) is 0. The largest absolute Gasteiger partial charge is 0.481 e. The van der Waals surface area contributed by atoms with Gasteiger partial charge in [-0.2, -0.15) is 0 Å². The molecular formula is C10H20O4. The normalized spacial score (nSPS) is 15.3. The monoisotopic (exact) mass is 204 g/mol. The molecule has 0 spiro atoms. The molecule has 0 aromatic rings. The van der Waals surface area contributed by atoms with Gasteiger partial charge in [0, 0.05) is 5.41 Å². The highest BCUT2D eigenvalue weighted by atomic mass is 16.6. The number of carboxylic acid groups (broad SMARTS) is 1. The molecule has 0 aliphatic carbocycles. The zero-order valence-corrected chi connectivity index (χ0v) is 9.50. The second kappa shape index (κ2) is 4.28. The number of carboxylic acids is 1. The first-order chi connectivity index (χ1) is 6.04. The summed E-state index contributed by atoms with van der Waals surface area (Å²) in [5.41, 5.74) is -1.26. The molecule has 14 heavy (non-hydrogen) atoms. The number of aliphatic hydroxyl groups excluding tert-OH is 1. The van der Waals surface area contributed by atoms with Gasteiger partial charge in [0.15, 0.2) is 6.29 Å².